The van der Waals surface area contributed by atoms with E-state index in [2.05, 4.69) is 5.32 Å². The van der Waals surface area contributed by atoms with Gasteiger partial charge >= 0.3 is 0 Å². The molecule has 0 aromatic heterocycles. The van der Waals surface area contributed by atoms with Crippen LogP contribution in [-0.4, -0.2) is 12.5 Å². The minimum absolute atomic E-state index is 0.110. The fraction of sp³-hybridized carbons (Fsp3) is 0.235. The van der Waals surface area contributed by atoms with E-state index < -0.39 is 11.6 Å². The number of carbonyl (C=O) groups excluding carboxylic acids is 1. The molecule has 0 saturated carbocycles. The summed E-state index contributed by atoms with van der Waals surface area (Å²) in [5.74, 6) is -1.80. The van der Waals surface area contributed by atoms with E-state index in [1.165, 1.54) is 24.3 Å². The zero-order valence-electron chi connectivity index (χ0n) is 12.7. The largest absolute Gasteiger partial charge is 0.347 e. The Morgan fingerprint density at radius 1 is 1.09 bits per heavy atom. The molecule has 0 bridgehead atoms. The third-order valence-corrected chi connectivity index (χ3v) is 3.51. The highest BCUT2D eigenvalue weighted by molar-refractivity contribution is 5.76. The second-order valence-electron chi connectivity index (χ2n) is 5.30. The maximum absolute atomic E-state index is 13.6. The Balaban J connectivity index is 1.80. The summed E-state index contributed by atoms with van der Waals surface area (Å²) in [6.07, 6.45) is 0. The van der Waals surface area contributed by atoms with E-state index in [0.717, 1.165) is 11.6 Å². The van der Waals surface area contributed by atoms with Gasteiger partial charge in [-0.1, -0.05) is 12.1 Å². The Kier molecular flexibility index (Phi) is 5.76. The summed E-state index contributed by atoms with van der Waals surface area (Å²) in [6, 6.07) is 8.92. The normalized spacial score (nSPS) is 12.0. The van der Waals surface area contributed by atoms with Crippen molar-refractivity contribution in [3.05, 3.63) is 71.0 Å². The van der Waals surface area contributed by atoms with Gasteiger partial charge in [0.25, 0.3) is 5.91 Å². The lowest BCUT2D eigenvalue weighted by molar-refractivity contribution is -0.682. The molecule has 0 fully saturated rings. The molecule has 0 aliphatic heterocycles. The van der Waals surface area contributed by atoms with Gasteiger partial charge in [-0.05, 0) is 36.8 Å². The van der Waals surface area contributed by atoms with Crippen LogP contribution in [0.2, 0.25) is 0 Å². The summed E-state index contributed by atoms with van der Waals surface area (Å²) in [7, 11) is 0. The van der Waals surface area contributed by atoms with Crippen LogP contribution in [0.3, 0.4) is 0 Å². The molecule has 2 aromatic rings. The Morgan fingerprint density at radius 2 is 1.74 bits per heavy atom. The molecule has 23 heavy (non-hydrogen) atoms. The number of rotatable bonds is 6. The fourth-order valence-corrected chi connectivity index (χ4v) is 2.16. The molecular formula is C17H18F3N2O+. The van der Waals surface area contributed by atoms with Gasteiger partial charge in [-0.3, -0.25) is 4.79 Å². The molecule has 3 N–H and O–H groups in total. The molecule has 0 aliphatic rings. The summed E-state index contributed by atoms with van der Waals surface area (Å²) in [4.78, 5) is 11.8. The van der Waals surface area contributed by atoms with Crippen LogP contribution in [0.5, 0.6) is 0 Å². The van der Waals surface area contributed by atoms with Crippen molar-refractivity contribution in [1.29, 1.82) is 0 Å². The van der Waals surface area contributed by atoms with Gasteiger partial charge in [0.2, 0.25) is 0 Å². The lowest BCUT2D eigenvalue weighted by Gasteiger charge is -2.12. The van der Waals surface area contributed by atoms with Gasteiger partial charge in [0.05, 0.1) is 0 Å². The van der Waals surface area contributed by atoms with Crippen molar-refractivity contribution in [1.82, 2.24) is 5.32 Å². The predicted molar refractivity (Wildman–Crippen MR) is 79.8 cm³/mol. The molecule has 122 valence electrons. The summed E-state index contributed by atoms with van der Waals surface area (Å²) >= 11 is 0. The summed E-state index contributed by atoms with van der Waals surface area (Å²) in [5.41, 5.74) is 1.13. The maximum Gasteiger partial charge on any atom is 0.275 e. The average molecular weight is 323 g/mol. The van der Waals surface area contributed by atoms with Gasteiger partial charge in [-0.25, -0.2) is 13.2 Å². The topological polar surface area (TPSA) is 45.7 Å². The number of quaternary nitrogens is 1. The third kappa shape index (κ3) is 5.10. The molecule has 1 atom stereocenters. The zero-order chi connectivity index (χ0) is 16.8. The number of nitrogens with two attached hydrogens (primary N) is 1. The van der Waals surface area contributed by atoms with Crippen molar-refractivity contribution in [2.75, 3.05) is 6.54 Å². The van der Waals surface area contributed by atoms with Crippen LogP contribution in [0.4, 0.5) is 13.2 Å². The third-order valence-electron chi connectivity index (χ3n) is 3.51. The summed E-state index contributed by atoms with van der Waals surface area (Å²) < 4.78 is 39.3. The van der Waals surface area contributed by atoms with Gasteiger partial charge in [-0.2, -0.15) is 0 Å². The first-order valence-corrected chi connectivity index (χ1v) is 7.25. The molecule has 2 rings (SSSR count). The Labute approximate surface area is 132 Å². The van der Waals surface area contributed by atoms with E-state index in [4.69, 9.17) is 0 Å². The molecular weight excluding hydrogens is 305 g/mol. The zero-order valence-corrected chi connectivity index (χ0v) is 12.7. The molecule has 2 aromatic carbocycles. The second-order valence-corrected chi connectivity index (χ2v) is 5.30. The van der Waals surface area contributed by atoms with E-state index >= 15 is 0 Å². The summed E-state index contributed by atoms with van der Waals surface area (Å²) in [5, 5.41) is 4.37. The van der Waals surface area contributed by atoms with Crippen LogP contribution >= 0.6 is 0 Å². The van der Waals surface area contributed by atoms with Crippen LogP contribution < -0.4 is 10.6 Å². The molecule has 0 heterocycles. The van der Waals surface area contributed by atoms with E-state index in [0.29, 0.717) is 12.1 Å². The highest BCUT2D eigenvalue weighted by Gasteiger charge is 2.15. The SMILES string of the molecule is C[C@H]([NH2+]CC(=O)NCc1ccc(F)cc1)c1ccc(F)cc1F. The first-order chi connectivity index (χ1) is 11.0. The van der Waals surface area contributed by atoms with Gasteiger partial charge in [0.15, 0.2) is 6.54 Å². The van der Waals surface area contributed by atoms with Crippen LogP contribution in [-0.2, 0) is 11.3 Å². The lowest BCUT2D eigenvalue weighted by Crippen LogP contribution is -2.87. The number of benzene rings is 2. The number of hydrogen-bond donors (Lipinski definition) is 2. The molecule has 0 saturated heterocycles. The number of hydrogen-bond acceptors (Lipinski definition) is 1. The summed E-state index contributed by atoms with van der Waals surface area (Å²) in [6.45, 7) is 2.15. The highest BCUT2D eigenvalue weighted by atomic mass is 19.1. The van der Waals surface area contributed by atoms with Crippen molar-refractivity contribution in [2.24, 2.45) is 0 Å². The second kappa shape index (κ2) is 7.78. The number of halogens is 3. The first kappa shape index (κ1) is 17.0. The van der Waals surface area contributed by atoms with Crippen molar-refractivity contribution in [2.45, 2.75) is 19.5 Å². The quantitative estimate of drug-likeness (QED) is 0.840. The molecule has 6 heteroatoms. The van der Waals surface area contributed by atoms with E-state index in [1.54, 1.807) is 24.4 Å². The van der Waals surface area contributed by atoms with E-state index in [1.807, 2.05) is 0 Å². The molecule has 0 aliphatic carbocycles. The Morgan fingerprint density at radius 3 is 2.39 bits per heavy atom. The number of amides is 1. The first-order valence-electron chi connectivity index (χ1n) is 7.25. The lowest BCUT2D eigenvalue weighted by atomic mass is 10.1. The molecule has 0 unspecified atom stereocenters. The van der Waals surface area contributed by atoms with Crippen LogP contribution in [0, 0.1) is 17.5 Å². The Bertz CT molecular complexity index is 674. The maximum atomic E-state index is 13.6. The number of nitrogens with one attached hydrogen (secondary N) is 1. The molecule has 0 spiro atoms. The van der Waals surface area contributed by atoms with Crippen LogP contribution in [0.15, 0.2) is 42.5 Å². The molecule has 1 amide bonds. The Hall–Kier alpha value is -2.34. The molecule has 0 radical (unpaired) electrons. The fourth-order valence-electron chi connectivity index (χ4n) is 2.16. The average Bonchev–Trinajstić information content (AvgIpc) is 2.52. The van der Waals surface area contributed by atoms with Crippen molar-refractivity contribution in [3.63, 3.8) is 0 Å². The standard InChI is InChI=1S/C17H17F3N2O/c1-11(15-7-6-14(19)8-16(15)20)21-10-17(23)22-9-12-2-4-13(18)5-3-12/h2-8,11,21H,9-10H2,1H3,(H,22,23)/p+1/t11-/m0/s1. The van der Waals surface area contributed by atoms with Crippen LogP contribution in [0.25, 0.3) is 0 Å². The highest BCUT2D eigenvalue weighted by Crippen LogP contribution is 2.14. The van der Waals surface area contributed by atoms with E-state index in [9.17, 15) is 18.0 Å². The minimum Gasteiger partial charge on any atom is -0.347 e. The van der Waals surface area contributed by atoms with Gasteiger partial charge in [0, 0.05) is 18.2 Å². The predicted octanol–water partition coefficient (Wildman–Crippen LogP) is 2.04. The van der Waals surface area contributed by atoms with Crippen LogP contribution in [0.1, 0.15) is 24.1 Å². The monoisotopic (exact) mass is 323 g/mol. The van der Waals surface area contributed by atoms with Gasteiger partial charge in [0.1, 0.15) is 23.5 Å². The van der Waals surface area contributed by atoms with Gasteiger partial charge in [-0.15, -0.1) is 0 Å². The van der Waals surface area contributed by atoms with Gasteiger partial charge < -0.3 is 10.6 Å². The smallest absolute Gasteiger partial charge is 0.275 e. The van der Waals surface area contributed by atoms with E-state index in [-0.39, 0.29) is 24.3 Å². The van der Waals surface area contributed by atoms with Crippen molar-refractivity contribution < 1.29 is 23.3 Å². The number of carbonyl (C=O) groups is 1. The van der Waals surface area contributed by atoms with Crippen molar-refractivity contribution >= 4 is 5.91 Å². The molecule has 3 nitrogen and oxygen atoms in total. The van der Waals surface area contributed by atoms with Crippen molar-refractivity contribution in [3.8, 4) is 0 Å². The minimum atomic E-state index is -0.629.